The first-order valence-corrected chi connectivity index (χ1v) is 6.46. The van der Waals surface area contributed by atoms with Gasteiger partial charge in [0.25, 0.3) is 5.91 Å². The minimum atomic E-state index is -0.0639. The summed E-state index contributed by atoms with van der Waals surface area (Å²) in [6.45, 7) is 2.01. The highest BCUT2D eigenvalue weighted by molar-refractivity contribution is 6.06. The minimum Gasteiger partial charge on any atom is -0.482 e. The number of carbonyl (C=O) groups is 2. The molecule has 0 saturated heterocycles. The lowest BCUT2D eigenvalue weighted by Gasteiger charge is -2.27. The van der Waals surface area contributed by atoms with E-state index in [-0.39, 0.29) is 18.4 Å². The summed E-state index contributed by atoms with van der Waals surface area (Å²) in [5, 5.41) is 4.11. The van der Waals surface area contributed by atoms with E-state index in [1.54, 1.807) is 11.9 Å². The summed E-state index contributed by atoms with van der Waals surface area (Å²) in [6.07, 6.45) is 1.05. The summed E-state index contributed by atoms with van der Waals surface area (Å²) in [6, 6.07) is 3.81. The van der Waals surface area contributed by atoms with Crippen molar-refractivity contribution in [3.05, 3.63) is 23.3 Å². The highest BCUT2D eigenvalue weighted by Gasteiger charge is 2.25. The van der Waals surface area contributed by atoms with Gasteiger partial charge in [-0.2, -0.15) is 5.10 Å². The Hall–Kier alpha value is -2.37. The maximum absolute atomic E-state index is 11.6. The molecular weight excluding hydrogens is 258 g/mol. The molecule has 104 valence electrons. The Balaban J connectivity index is 2.02. The van der Waals surface area contributed by atoms with E-state index in [0.29, 0.717) is 18.6 Å². The standard InChI is InChI=1S/C14H15N3O3/c1-8-5-11-12(20-7-14(19)17(11)2)6-9(8)10-3-4-13(18)16-15-10/h5-6H,3-4,7H2,1-2H3,(H,16,18). The van der Waals surface area contributed by atoms with Crippen molar-refractivity contribution < 1.29 is 14.3 Å². The van der Waals surface area contributed by atoms with Crippen LogP contribution in [0.25, 0.3) is 0 Å². The minimum absolute atomic E-state index is 0.0508. The van der Waals surface area contributed by atoms with Gasteiger partial charge in [0.1, 0.15) is 5.75 Å². The molecular formula is C14H15N3O3. The van der Waals surface area contributed by atoms with Gasteiger partial charge in [-0.25, -0.2) is 5.43 Å². The average Bonchev–Trinajstić information content (AvgIpc) is 2.44. The molecule has 3 rings (SSSR count). The molecule has 1 aromatic rings. The molecule has 0 aromatic heterocycles. The lowest BCUT2D eigenvalue weighted by atomic mass is 9.98. The second-order valence-corrected chi connectivity index (χ2v) is 4.97. The fourth-order valence-corrected chi connectivity index (χ4v) is 2.40. The van der Waals surface area contributed by atoms with Crippen molar-refractivity contribution in [2.75, 3.05) is 18.6 Å². The lowest BCUT2D eigenvalue weighted by molar-refractivity contribution is -0.121. The number of nitrogens with zero attached hydrogens (tertiary/aromatic N) is 2. The molecule has 0 fully saturated rings. The van der Waals surface area contributed by atoms with Crippen molar-refractivity contribution in [3.63, 3.8) is 0 Å². The molecule has 0 saturated carbocycles. The molecule has 0 unspecified atom stereocenters. The van der Waals surface area contributed by atoms with Crippen LogP contribution in [0.5, 0.6) is 5.75 Å². The van der Waals surface area contributed by atoms with Gasteiger partial charge < -0.3 is 9.64 Å². The summed E-state index contributed by atoms with van der Waals surface area (Å²) in [5.74, 6) is 0.546. The highest BCUT2D eigenvalue weighted by Crippen LogP contribution is 2.34. The zero-order valence-corrected chi connectivity index (χ0v) is 11.4. The van der Waals surface area contributed by atoms with E-state index in [1.165, 1.54) is 0 Å². The van der Waals surface area contributed by atoms with Crippen LogP contribution in [-0.4, -0.2) is 31.2 Å². The van der Waals surface area contributed by atoms with E-state index >= 15 is 0 Å². The van der Waals surface area contributed by atoms with Crippen molar-refractivity contribution >= 4 is 23.2 Å². The average molecular weight is 273 g/mol. The largest absolute Gasteiger partial charge is 0.482 e. The van der Waals surface area contributed by atoms with E-state index < -0.39 is 0 Å². The van der Waals surface area contributed by atoms with Gasteiger partial charge in [0.15, 0.2) is 6.61 Å². The van der Waals surface area contributed by atoms with Crippen LogP contribution in [0.15, 0.2) is 17.2 Å². The van der Waals surface area contributed by atoms with Gasteiger partial charge in [0.2, 0.25) is 5.91 Å². The number of amides is 2. The number of aryl methyl sites for hydroxylation is 1. The van der Waals surface area contributed by atoms with Crippen LogP contribution >= 0.6 is 0 Å². The molecule has 0 atom stereocenters. The Morgan fingerprint density at radius 2 is 2.10 bits per heavy atom. The monoisotopic (exact) mass is 273 g/mol. The number of nitrogens with one attached hydrogen (secondary N) is 1. The number of fused-ring (bicyclic) bond motifs is 1. The molecule has 6 nitrogen and oxygen atoms in total. The van der Waals surface area contributed by atoms with Crippen LogP contribution in [-0.2, 0) is 9.59 Å². The zero-order chi connectivity index (χ0) is 14.3. The SMILES string of the molecule is Cc1cc2c(cc1C1=NNC(=O)CC1)OCC(=O)N2C. The molecule has 0 aliphatic carbocycles. The van der Waals surface area contributed by atoms with Crippen molar-refractivity contribution in [2.45, 2.75) is 19.8 Å². The number of hydrogen-bond donors (Lipinski definition) is 1. The number of anilines is 1. The van der Waals surface area contributed by atoms with Gasteiger partial charge in [-0.3, -0.25) is 9.59 Å². The van der Waals surface area contributed by atoms with Crippen LogP contribution in [0, 0.1) is 6.92 Å². The third-order valence-corrected chi connectivity index (χ3v) is 3.61. The molecule has 0 radical (unpaired) electrons. The van der Waals surface area contributed by atoms with Crippen molar-refractivity contribution in [2.24, 2.45) is 5.10 Å². The maximum atomic E-state index is 11.6. The third kappa shape index (κ3) is 2.03. The Morgan fingerprint density at radius 1 is 1.30 bits per heavy atom. The normalized spacial score (nSPS) is 18.1. The number of ether oxygens (including phenoxy) is 1. The van der Waals surface area contributed by atoms with Crippen LogP contribution < -0.4 is 15.1 Å². The van der Waals surface area contributed by atoms with E-state index in [1.807, 2.05) is 19.1 Å². The van der Waals surface area contributed by atoms with E-state index in [2.05, 4.69) is 10.5 Å². The van der Waals surface area contributed by atoms with Crippen molar-refractivity contribution in [1.29, 1.82) is 0 Å². The molecule has 2 aliphatic heterocycles. The quantitative estimate of drug-likeness (QED) is 0.828. The van der Waals surface area contributed by atoms with Crippen LogP contribution in [0.4, 0.5) is 5.69 Å². The summed E-state index contributed by atoms with van der Waals surface area (Å²) >= 11 is 0. The van der Waals surface area contributed by atoms with Gasteiger partial charge in [-0.05, 0) is 24.6 Å². The molecule has 1 N–H and O–H groups in total. The Morgan fingerprint density at radius 3 is 2.80 bits per heavy atom. The Kier molecular flexibility index (Phi) is 2.93. The first-order chi connectivity index (χ1) is 9.56. The van der Waals surface area contributed by atoms with Crippen LogP contribution in [0.1, 0.15) is 24.0 Å². The van der Waals surface area contributed by atoms with E-state index in [0.717, 1.165) is 22.5 Å². The van der Waals surface area contributed by atoms with Gasteiger partial charge in [-0.15, -0.1) is 0 Å². The van der Waals surface area contributed by atoms with Gasteiger partial charge in [0, 0.05) is 25.5 Å². The summed E-state index contributed by atoms with van der Waals surface area (Å²) in [4.78, 5) is 24.4. The predicted octanol–water partition coefficient (Wildman–Crippen LogP) is 0.964. The molecule has 20 heavy (non-hydrogen) atoms. The fourth-order valence-electron chi connectivity index (χ4n) is 2.40. The number of hydrogen-bond acceptors (Lipinski definition) is 4. The zero-order valence-electron chi connectivity index (χ0n) is 11.4. The second kappa shape index (κ2) is 4.63. The van der Waals surface area contributed by atoms with Crippen molar-refractivity contribution in [1.82, 2.24) is 5.43 Å². The molecule has 2 heterocycles. The first kappa shape index (κ1) is 12.7. The van der Waals surface area contributed by atoms with Gasteiger partial charge >= 0.3 is 0 Å². The molecule has 0 spiro atoms. The Labute approximate surface area is 116 Å². The van der Waals surface area contributed by atoms with E-state index in [4.69, 9.17) is 4.74 Å². The predicted molar refractivity (Wildman–Crippen MR) is 74.0 cm³/mol. The van der Waals surface area contributed by atoms with Gasteiger partial charge in [-0.1, -0.05) is 0 Å². The first-order valence-electron chi connectivity index (χ1n) is 6.46. The topological polar surface area (TPSA) is 71.0 Å². The summed E-state index contributed by atoms with van der Waals surface area (Å²) in [5.41, 5.74) is 6.06. The number of hydrazone groups is 1. The molecule has 6 heteroatoms. The van der Waals surface area contributed by atoms with Crippen LogP contribution in [0.2, 0.25) is 0 Å². The van der Waals surface area contributed by atoms with E-state index in [9.17, 15) is 9.59 Å². The number of rotatable bonds is 1. The third-order valence-electron chi connectivity index (χ3n) is 3.61. The summed E-state index contributed by atoms with van der Waals surface area (Å²) in [7, 11) is 1.74. The fraction of sp³-hybridized carbons (Fsp3) is 0.357. The molecule has 2 amide bonds. The lowest BCUT2D eigenvalue weighted by Crippen LogP contribution is -2.35. The number of carbonyl (C=O) groups excluding carboxylic acids is 2. The highest BCUT2D eigenvalue weighted by atomic mass is 16.5. The maximum Gasteiger partial charge on any atom is 0.264 e. The number of benzene rings is 1. The number of likely N-dealkylation sites (N-methyl/N-ethyl adjacent to an activating group) is 1. The molecule has 2 aliphatic rings. The van der Waals surface area contributed by atoms with Crippen molar-refractivity contribution in [3.8, 4) is 5.75 Å². The smallest absolute Gasteiger partial charge is 0.264 e. The second-order valence-electron chi connectivity index (χ2n) is 4.97. The van der Waals surface area contributed by atoms with Crippen LogP contribution in [0.3, 0.4) is 0 Å². The Bertz CT molecular complexity index is 637. The molecule has 0 bridgehead atoms. The van der Waals surface area contributed by atoms with Gasteiger partial charge in [0.05, 0.1) is 11.4 Å². The molecule has 1 aromatic carbocycles. The summed E-state index contributed by atoms with van der Waals surface area (Å²) < 4.78 is 5.48.